The average molecular weight is 1360 g/mol. The molecule has 3 saturated heterocycles. The molecule has 3 aliphatic rings. The number of hydrogen-bond donors (Lipinski definition) is 12. The van der Waals surface area contributed by atoms with Crippen LogP contribution in [-0.4, -0.2) is 193 Å². The molecule has 0 bridgehead atoms. The van der Waals surface area contributed by atoms with Crippen LogP contribution in [0.3, 0.4) is 0 Å². The normalized spacial score (nSPS) is 27.3. The number of amides is 1. The molecule has 19 nitrogen and oxygen atoms in total. The van der Waals surface area contributed by atoms with Gasteiger partial charge < -0.3 is 89.9 Å². The van der Waals surface area contributed by atoms with Crippen molar-refractivity contribution in [3.63, 3.8) is 0 Å². The lowest BCUT2D eigenvalue weighted by Gasteiger charge is -2.48. The molecule has 17 atom stereocenters. The van der Waals surface area contributed by atoms with Crippen molar-refractivity contribution in [1.29, 1.82) is 0 Å². The molecule has 3 aliphatic heterocycles. The first kappa shape index (κ1) is 87.5. The lowest BCUT2D eigenvalue weighted by molar-refractivity contribution is -0.379. The number of aliphatic hydroxyl groups is 11. The Balaban J connectivity index is 1.40. The van der Waals surface area contributed by atoms with Gasteiger partial charge in [-0.1, -0.05) is 295 Å². The van der Waals surface area contributed by atoms with Crippen LogP contribution >= 0.6 is 0 Å². The number of unbranched alkanes of at least 4 members (excludes halogenated alkanes) is 44. The fraction of sp³-hybridized carbons (Fsp3) is 0.934. The lowest BCUT2D eigenvalue weighted by Crippen LogP contribution is -2.66. The van der Waals surface area contributed by atoms with E-state index in [9.17, 15) is 61.0 Å². The molecule has 0 aromatic heterocycles. The minimum absolute atomic E-state index is 0.245. The van der Waals surface area contributed by atoms with Gasteiger partial charge in [0.05, 0.1) is 38.6 Å². The van der Waals surface area contributed by atoms with Crippen molar-refractivity contribution in [2.24, 2.45) is 0 Å². The minimum Gasteiger partial charge on any atom is -0.394 e. The summed E-state index contributed by atoms with van der Waals surface area (Å²) in [6.07, 6.45) is 41.6. The number of rotatable bonds is 62. The number of aliphatic hydroxyl groups excluding tert-OH is 11. The van der Waals surface area contributed by atoms with Gasteiger partial charge in [0.1, 0.15) is 73.2 Å². The summed E-state index contributed by atoms with van der Waals surface area (Å²) >= 11 is 0. The van der Waals surface area contributed by atoms with Crippen LogP contribution in [0.1, 0.15) is 322 Å². The van der Waals surface area contributed by atoms with Crippen molar-refractivity contribution >= 4 is 5.91 Å². The lowest BCUT2D eigenvalue weighted by atomic mass is 9.96. The molecular formula is C76H143NO18. The van der Waals surface area contributed by atoms with Gasteiger partial charge in [-0.2, -0.15) is 0 Å². The molecule has 0 aromatic rings. The largest absolute Gasteiger partial charge is 0.394 e. The van der Waals surface area contributed by atoms with E-state index in [1.165, 1.54) is 250 Å². The molecule has 560 valence electrons. The number of ether oxygens (including phenoxy) is 6. The van der Waals surface area contributed by atoms with Crippen molar-refractivity contribution in [2.45, 2.75) is 426 Å². The summed E-state index contributed by atoms with van der Waals surface area (Å²) in [5.74, 6) is -0.271. The Morgan fingerprint density at radius 2 is 0.663 bits per heavy atom. The number of allylic oxidation sites excluding steroid dienone is 3. The number of carbonyl (C=O) groups excluding carboxylic acids is 1. The monoisotopic (exact) mass is 1360 g/mol. The van der Waals surface area contributed by atoms with Crippen LogP contribution < -0.4 is 5.32 Å². The molecule has 0 saturated carbocycles. The maximum atomic E-state index is 13.5. The zero-order valence-electron chi connectivity index (χ0n) is 59.7. The standard InChI is InChI=1S/C76H143NO18/c1-3-5-7-9-11-13-15-17-19-21-23-25-27-28-29-30-32-33-35-37-39-41-43-45-47-49-51-53-60(81)59(77-64(82)54-52-50-48-46-44-42-40-38-36-34-31-26-24-22-20-18-16-14-12-10-8-6-4-2)58-90-74-70(88)67(85)72(62(56-79)92-74)95-76-71(89)68(86)73(63(57-80)93-76)94-75-69(87)66(84)65(83)61(55-78)91-75/h22,24,51,53,59-63,65-76,78-81,83-89H,3-21,23,25-50,52,54-58H2,1-2H3,(H,77,82)/b24-22-,53-51+. The first-order valence-electron chi connectivity index (χ1n) is 39.1. The third-order valence-electron chi connectivity index (χ3n) is 19.7. The molecule has 3 rings (SSSR count). The van der Waals surface area contributed by atoms with Gasteiger partial charge in [-0.25, -0.2) is 0 Å². The predicted octanol–water partition coefficient (Wildman–Crippen LogP) is 12.2. The molecule has 0 aliphatic carbocycles. The summed E-state index contributed by atoms with van der Waals surface area (Å²) in [5, 5.41) is 121. The van der Waals surface area contributed by atoms with E-state index in [1.54, 1.807) is 6.08 Å². The SMILES string of the molecule is CCCCCCCCCC/C=C\CCCCCCCCCCCCCC(=O)NC(COC1OC(CO)C(OC2OC(CO)C(OC3OC(CO)C(O)C(O)C3O)C(O)C2O)C(O)C1O)C(O)/C=C/CCCCCCCCCCCCCCCCCCCCCCCCCCC. The van der Waals surface area contributed by atoms with Crippen molar-refractivity contribution in [1.82, 2.24) is 5.32 Å². The van der Waals surface area contributed by atoms with E-state index in [0.717, 1.165) is 44.9 Å². The molecule has 0 spiro atoms. The van der Waals surface area contributed by atoms with Crippen LogP contribution in [0.25, 0.3) is 0 Å². The van der Waals surface area contributed by atoms with Gasteiger partial charge in [0.25, 0.3) is 0 Å². The highest BCUT2D eigenvalue weighted by atomic mass is 16.8. The van der Waals surface area contributed by atoms with Crippen molar-refractivity contribution in [2.75, 3.05) is 26.4 Å². The summed E-state index contributed by atoms with van der Waals surface area (Å²) in [7, 11) is 0. The Morgan fingerprint density at radius 3 is 1.02 bits per heavy atom. The third-order valence-corrected chi connectivity index (χ3v) is 19.7. The number of nitrogens with one attached hydrogen (secondary N) is 1. The first-order chi connectivity index (χ1) is 46.3. The third kappa shape index (κ3) is 38.8. The van der Waals surface area contributed by atoms with Gasteiger partial charge >= 0.3 is 0 Å². The summed E-state index contributed by atoms with van der Waals surface area (Å²) in [6.45, 7) is 1.79. The van der Waals surface area contributed by atoms with Crippen LogP contribution in [0.4, 0.5) is 0 Å². The highest BCUT2D eigenvalue weighted by Crippen LogP contribution is 2.33. The van der Waals surface area contributed by atoms with E-state index < -0.39 is 124 Å². The molecule has 17 unspecified atom stereocenters. The molecule has 1 amide bonds. The van der Waals surface area contributed by atoms with Crippen LogP contribution in [0.5, 0.6) is 0 Å². The second-order valence-corrected chi connectivity index (χ2v) is 28.2. The number of carbonyl (C=O) groups is 1. The van der Waals surface area contributed by atoms with Crippen molar-refractivity contribution in [3.8, 4) is 0 Å². The topological polar surface area (TPSA) is 307 Å². The Labute approximate surface area is 575 Å². The van der Waals surface area contributed by atoms with E-state index in [2.05, 4.69) is 31.3 Å². The maximum Gasteiger partial charge on any atom is 0.220 e. The van der Waals surface area contributed by atoms with Crippen LogP contribution in [0.15, 0.2) is 24.3 Å². The second-order valence-electron chi connectivity index (χ2n) is 28.2. The number of hydrogen-bond acceptors (Lipinski definition) is 18. The van der Waals surface area contributed by atoms with Crippen LogP contribution in [0.2, 0.25) is 0 Å². The second kappa shape index (κ2) is 57.8. The zero-order valence-corrected chi connectivity index (χ0v) is 59.7. The average Bonchev–Trinajstić information content (AvgIpc) is 0.787. The Bertz CT molecular complexity index is 1810. The van der Waals surface area contributed by atoms with Crippen molar-refractivity contribution < 1.29 is 89.4 Å². The van der Waals surface area contributed by atoms with E-state index in [0.29, 0.717) is 6.42 Å². The molecule has 3 heterocycles. The predicted molar refractivity (Wildman–Crippen MR) is 374 cm³/mol. The summed E-state index contributed by atoms with van der Waals surface area (Å²) in [4.78, 5) is 13.5. The van der Waals surface area contributed by atoms with E-state index >= 15 is 0 Å². The Kier molecular flexibility index (Phi) is 53.3. The van der Waals surface area contributed by atoms with Gasteiger partial charge in [-0.3, -0.25) is 4.79 Å². The van der Waals surface area contributed by atoms with E-state index in [1.807, 2.05) is 6.08 Å². The highest BCUT2D eigenvalue weighted by Gasteiger charge is 2.53. The van der Waals surface area contributed by atoms with Gasteiger partial charge in [0, 0.05) is 6.42 Å². The smallest absolute Gasteiger partial charge is 0.220 e. The molecule has 95 heavy (non-hydrogen) atoms. The fourth-order valence-electron chi connectivity index (χ4n) is 13.4. The molecule has 0 radical (unpaired) electrons. The summed E-state index contributed by atoms with van der Waals surface area (Å²) in [5.41, 5.74) is 0. The first-order valence-corrected chi connectivity index (χ1v) is 39.1. The fourth-order valence-corrected chi connectivity index (χ4v) is 13.4. The Morgan fingerprint density at radius 1 is 0.368 bits per heavy atom. The van der Waals surface area contributed by atoms with Crippen LogP contribution in [-0.2, 0) is 33.2 Å². The van der Waals surface area contributed by atoms with E-state index in [-0.39, 0.29) is 18.9 Å². The van der Waals surface area contributed by atoms with Gasteiger partial charge in [-0.15, -0.1) is 0 Å². The minimum atomic E-state index is -1.98. The summed E-state index contributed by atoms with van der Waals surface area (Å²) in [6, 6.07) is -0.973. The van der Waals surface area contributed by atoms with Gasteiger partial charge in [0.15, 0.2) is 18.9 Å². The molecule has 3 fully saturated rings. The Hall–Kier alpha value is -1.73. The van der Waals surface area contributed by atoms with E-state index in [4.69, 9.17) is 28.4 Å². The maximum absolute atomic E-state index is 13.5. The molecule has 19 heteroatoms. The quantitative estimate of drug-likeness (QED) is 0.0199. The summed E-state index contributed by atoms with van der Waals surface area (Å²) < 4.78 is 34.4. The van der Waals surface area contributed by atoms with Crippen LogP contribution in [0, 0.1) is 0 Å². The molecular weight excluding hydrogens is 1210 g/mol. The zero-order chi connectivity index (χ0) is 68.9. The van der Waals surface area contributed by atoms with Crippen molar-refractivity contribution in [3.05, 3.63) is 24.3 Å². The van der Waals surface area contributed by atoms with Gasteiger partial charge in [-0.05, 0) is 44.9 Å². The molecule has 0 aromatic carbocycles. The highest BCUT2D eigenvalue weighted by molar-refractivity contribution is 5.76. The molecule has 12 N–H and O–H groups in total. The van der Waals surface area contributed by atoms with Gasteiger partial charge in [0.2, 0.25) is 5.91 Å².